The number of hydrogen-bond donors (Lipinski definition) is 1. The second-order valence-corrected chi connectivity index (χ2v) is 4.00. The number of benzene rings is 2. The summed E-state index contributed by atoms with van der Waals surface area (Å²) in [5, 5.41) is 0. The first-order chi connectivity index (χ1) is 8.93. The van der Waals surface area contributed by atoms with Crippen LogP contribution in [-0.2, 0) is 6.18 Å². The molecule has 0 saturated heterocycles. The van der Waals surface area contributed by atoms with Crippen LogP contribution in [0.25, 0.3) is 11.1 Å². The number of methoxy groups -OCH3 is 1. The van der Waals surface area contributed by atoms with Crippen LogP contribution in [0.1, 0.15) is 5.56 Å². The van der Waals surface area contributed by atoms with Crippen molar-refractivity contribution in [3.05, 3.63) is 48.0 Å². The number of anilines is 1. The molecule has 19 heavy (non-hydrogen) atoms. The molecule has 0 spiro atoms. The van der Waals surface area contributed by atoms with Gasteiger partial charge in [-0.05, 0) is 17.7 Å². The maximum atomic E-state index is 12.8. The number of nitrogens with two attached hydrogens (primary N) is 1. The van der Waals surface area contributed by atoms with Gasteiger partial charge in [0, 0.05) is 5.56 Å². The Labute approximate surface area is 108 Å². The first-order valence-electron chi connectivity index (χ1n) is 5.53. The summed E-state index contributed by atoms with van der Waals surface area (Å²) in [7, 11) is 1.29. The minimum Gasteiger partial charge on any atom is -0.495 e. The quantitative estimate of drug-likeness (QED) is 0.836. The molecular weight excluding hydrogens is 255 g/mol. The predicted molar refractivity (Wildman–Crippen MR) is 67.8 cm³/mol. The lowest BCUT2D eigenvalue weighted by Gasteiger charge is -2.15. The van der Waals surface area contributed by atoms with Gasteiger partial charge in [-0.1, -0.05) is 30.3 Å². The smallest absolute Gasteiger partial charge is 0.416 e. The average Bonchev–Trinajstić information content (AvgIpc) is 2.38. The molecule has 0 fully saturated rings. The van der Waals surface area contributed by atoms with Gasteiger partial charge in [-0.15, -0.1) is 0 Å². The van der Waals surface area contributed by atoms with Crippen molar-refractivity contribution in [2.45, 2.75) is 6.18 Å². The second-order valence-electron chi connectivity index (χ2n) is 4.00. The zero-order valence-corrected chi connectivity index (χ0v) is 10.2. The van der Waals surface area contributed by atoms with Gasteiger partial charge in [-0.25, -0.2) is 0 Å². The summed E-state index contributed by atoms with van der Waals surface area (Å²) >= 11 is 0. The Bertz CT molecular complexity index is 579. The van der Waals surface area contributed by atoms with Crippen LogP contribution in [0.5, 0.6) is 5.75 Å². The lowest BCUT2D eigenvalue weighted by Crippen LogP contribution is -2.07. The highest BCUT2D eigenvalue weighted by Gasteiger charge is 2.32. The van der Waals surface area contributed by atoms with Crippen LogP contribution < -0.4 is 10.5 Å². The Kier molecular flexibility index (Phi) is 3.38. The molecule has 0 bridgehead atoms. The first kappa shape index (κ1) is 13.3. The van der Waals surface area contributed by atoms with E-state index in [4.69, 9.17) is 10.5 Å². The van der Waals surface area contributed by atoms with Crippen molar-refractivity contribution >= 4 is 5.69 Å². The Morgan fingerprint density at radius 3 is 2.21 bits per heavy atom. The number of alkyl halides is 3. The molecule has 0 aliphatic heterocycles. The fourth-order valence-corrected chi connectivity index (χ4v) is 1.82. The molecule has 0 atom stereocenters. The van der Waals surface area contributed by atoms with Crippen molar-refractivity contribution in [2.24, 2.45) is 0 Å². The molecule has 0 aliphatic rings. The standard InChI is InChI=1S/C14H12F3NO/c1-19-12-8-10(14(15,16)17)7-11(13(12)18)9-5-3-2-4-6-9/h2-8H,18H2,1H3. The van der Waals surface area contributed by atoms with Crippen molar-refractivity contribution in [1.82, 2.24) is 0 Å². The molecular formula is C14H12F3NO. The molecule has 0 heterocycles. The summed E-state index contributed by atoms with van der Waals surface area (Å²) in [6, 6.07) is 10.6. The minimum atomic E-state index is -4.44. The third-order valence-electron chi connectivity index (χ3n) is 2.77. The van der Waals surface area contributed by atoms with Crippen molar-refractivity contribution in [2.75, 3.05) is 12.8 Å². The Morgan fingerprint density at radius 2 is 1.68 bits per heavy atom. The number of ether oxygens (including phenoxy) is 1. The van der Waals surface area contributed by atoms with E-state index in [1.165, 1.54) is 7.11 Å². The van der Waals surface area contributed by atoms with Gasteiger partial charge < -0.3 is 10.5 Å². The molecule has 0 amide bonds. The third kappa shape index (κ3) is 2.65. The summed E-state index contributed by atoms with van der Waals surface area (Å²) in [5.74, 6) is 0.0219. The van der Waals surface area contributed by atoms with Crippen molar-refractivity contribution in [3.63, 3.8) is 0 Å². The van der Waals surface area contributed by atoms with Gasteiger partial charge in [0.2, 0.25) is 0 Å². The third-order valence-corrected chi connectivity index (χ3v) is 2.77. The molecule has 2 N–H and O–H groups in total. The molecule has 5 heteroatoms. The van der Waals surface area contributed by atoms with Gasteiger partial charge in [0.05, 0.1) is 18.4 Å². The molecule has 0 unspecified atom stereocenters. The van der Waals surface area contributed by atoms with Crippen LogP contribution in [0.3, 0.4) is 0 Å². The van der Waals surface area contributed by atoms with Crippen LogP contribution in [0.15, 0.2) is 42.5 Å². The molecule has 0 saturated carbocycles. The SMILES string of the molecule is COc1cc(C(F)(F)F)cc(-c2ccccc2)c1N. The van der Waals surface area contributed by atoms with Gasteiger partial charge in [0.15, 0.2) is 0 Å². The van der Waals surface area contributed by atoms with Crippen molar-refractivity contribution in [1.29, 1.82) is 0 Å². The van der Waals surface area contributed by atoms with E-state index >= 15 is 0 Å². The van der Waals surface area contributed by atoms with E-state index in [1.807, 2.05) is 0 Å². The summed E-state index contributed by atoms with van der Waals surface area (Å²) < 4.78 is 43.4. The van der Waals surface area contributed by atoms with Crippen molar-refractivity contribution in [3.8, 4) is 16.9 Å². The molecule has 2 aromatic carbocycles. The lowest BCUT2D eigenvalue weighted by atomic mass is 10.00. The molecule has 0 aromatic heterocycles. The van der Waals surface area contributed by atoms with E-state index in [1.54, 1.807) is 30.3 Å². The maximum absolute atomic E-state index is 12.8. The minimum absolute atomic E-state index is 0.0219. The number of halogens is 3. The van der Waals surface area contributed by atoms with Crippen LogP contribution in [-0.4, -0.2) is 7.11 Å². The largest absolute Gasteiger partial charge is 0.495 e. The topological polar surface area (TPSA) is 35.2 Å². The molecule has 2 rings (SSSR count). The number of nitrogen functional groups attached to an aromatic ring is 1. The molecule has 0 radical (unpaired) electrons. The van der Waals surface area contributed by atoms with E-state index in [0.717, 1.165) is 12.1 Å². The lowest BCUT2D eigenvalue weighted by molar-refractivity contribution is -0.137. The van der Waals surface area contributed by atoms with Gasteiger partial charge in [0.25, 0.3) is 0 Å². The van der Waals surface area contributed by atoms with Gasteiger partial charge in [-0.2, -0.15) is 13.2 Å². The van der Waals surface area contributed by atoms with E-state index in [-0.39, 0.29) is 11.4 Å². The van der Waals surface area contributed by atoms with E-state index < -0.39 is 11.7 Å². The second kappa shape index (κ2) is 4.84. The highest BCUT2D eigenvalue weighted by Crippen LogP contribution is 2.40. The van der Waals surface area contributed by atoms with Crippen LogP contribution in [0.4, 0.5) is 18.9 Å². The fraction of sp³-hybridized carbons (Fsp3) is 0.143. The van der Waals surface area contributed by atoms with E-state index in [0.29, 0.717) is 11.1 Å². The highest BCUT2D eigenvalue weighted by atomic mass is 19.4. The van der Waals surface area contributed by atoms with E-state index in [9.17, 15) is 13.2 Å². The highest BCUT2D eigenvalue weighted by molar-refractivity contribution is 5.81. The Morgan fingerprint density at radius 1 is 1.05 bits per heavy atom. The molecule has 0 aliphatic carbocycles. The maximum Gasteiger partial charge on any atom is 0.416 e. The van der Waals surface area contributed by atoms with Gasteiger partial charge in [0.1, 0.15) is 5.75 Å². The molecule has 2 aromatic rings. The van der Waals surface area contributed by atoms with E-state index in [2.05, 4.69) is 0 Å². The fourth-order valence-electron chi connectivity index (χ4n) is 1.82. The van der Waals surface area contributed by atoms with Crippen LogP contribution >= 0.6 is 0 Å². The van der Waals surface area contributed by atoms with Crippen LogP contribution in [0, 0.1) is 0 Å². The van der Waals surface area contributed by atoms with Gasteiger partial charge >= 0.3 is 6.18 Å². The van der Waals surface area contributed by atoms with Crippen molar-refractivity contribution < 1.29 is 17.9 Å². The molecule has 100 valence electrons. The Hall–Kier alpha value is -2.17. The summed E-state index contributed by atoms with van der Waals surface area (Å²) in [6.07, 6.45) is -4.44. The van der Waals surface area contributed by atoms with Crippen LogP contribution in [0.2, 0.25) is 0 Å². The predicted octanol–water partition coefficient (Wildman–Crippen LogP) is 3.96. The normalized spacial score (nSPS) is 11.4. The zero-order valence-electron chi connectivity index (χ0n) is 10.2. The number of rotatable bonds is 2. The van der Waals surface area contributed by atoms with Gasteiger partial charge in [-0.3, -0.25) is 0 Å². The first-order valence-corrected chi connectivity index (χ1v) is 5.53. The molecule has 2 nitrogen and oxygen atoms in total. The summed E-state index contributed by atoms with van der Waals surface area (Å²) in [6.45, 7) is 0. The average molecular weight is 267 g/mol. The monoisotopic (exact) mass is 267 g/mol. The zero-order chi connectivity index (χ0) is 14.0. The summed E-state index contributed by atoms with van der Waals surface area (Å²) in [4.78, 5) is 0. The Balaban J connectivity index is 2.66. The summed E-state index contributed by atoms with van der Waals surface area (Å²) in [5.41, 5.74) is 6.19. The number of hydrogen-bond acceptors (Lipinski definition) is 2.